The predicted octanol–water partition coefficient (Wildman–Crippen LogP) is 1.72. The molecule has 96 valence electrons. The van der Waals surface area contributed by atoms with Crippen molar-refractivity contribution in [2.45, 2.75) is 12.9 Å². The molecular weight excluding hydrogens is 237 g/mol. The highest BCUT2D eigenvalue weighted by Gasteiger charge is 2.28. The van der Waals surface area contributed by atoms with Gasteiger partial charge in [-0.3, -0.25) is 4.74 Å². The van der Waals surface area contributed by atoms with Crippen molar-refractivity contribution in [2.75, 3.05) is 20.3 Å². The summed E-state index contributed by atoms with van der Waals surface area (Å²) in [6.07, 6.45) is -3.00. The molecule has 1 heterocycles. The largest absolute Gasteiger partial charge is 0.522 e. The number of nitrogens with one attached hydrogen (secondary N) is 1. The second-order valence-electron chi connectivity index (χ2n) is 3.18. The lowest BCUT2D eigenvalue weighted by atomic mass is 10.2. The lowest BCUT2D eigenvalue weighted by molar-refractivity contribution is -0.323. The Morgan fingerprint density at radius 2 is 2.18 bits per heavy atom. The summed E-state index contributed by atoms with van der Waals surface area (Å²) in [4.78, 5) is 3.91. The second-order valence-corrected chi connectivity index (χ2v) is 3.18. The van der Waals surface area contributed by atoms with Crippen LogP contribution in [0.2, 0.25) is 0 Å². The van der Waals surface area contributed by atoms with E-state index < -0.39 is 13.0 Å². The molecule has 0 radical (unpaired) electrons. The molecule has 0 saturated heterocycles. The summed E-state index contributed by atoms with van der Waals surface area (Å²) < 4.78 is 43.4. The molecule has 0 saturated carbocycles. The van der Waals surface area contributed by atoms with Crippen LogP contribution in [-0.2, 0) is 11.3 Å². The zero-order valence-electron chi connectivity index (χ0n) is 9.25. The molecule has 0 aliphatic rings. The molecule has 17 heavy (non-hydrogen) atoms. The third kappa shape index (κ3) is 6.08. The third-order valence-electron chi connectivity index (χ3n) is 1.88. The monoisotopic (exact) mass is 250 g/mol. The van der Waals surface area contributed by atoms with Gasteiger partial charge in [-0.1, -0.05) is 0 Å². The maximum absolute atomic E-state index is 11.6. The normalized spacial score (nSPS) is 11.5. The summed E-state index contributed by atoms with van der Waals surface area (Å²) in [7, 11) is 1.50. The molecule has 0 aromatic carbocycles. The molecule has 0 amide bonds. The first kappa shape index (κ1) is 13.7. The Balaban J connectivity index is 2.22. The lowest BCUT2D eigenvalue weighted by Gasteiger charge is -2.08. The Labute approximate surface area is 96.7 Å². The van der Waals surface area contributed by atoms with Crippen LogP contribution in [0.3, 0.4) is 0 Å². The molecule has 1 aromatic heterocycles. The van der Waals surface area contributed by atoms with Crippen molar-refractivity contribution < 1.29 is 22.6 Å². The van der Waals surface area contributed by atoms with Crippen molar-refractivity contribution in [1.82, 2.24) is 10.3 Å². The van der Waals surface area contributed by atoms with Crippen LogP contribution >= 0.6 is 0 Å². The number of halogens is 3. The Morgan fingerprint density at radius 1 is 1.41 bits per heavy atom. The maximum Gasteiger partial charge on any atom is 0.522 e. The average Bonchev–Trinajstić information content (AvgIpc) is 2.27. The van der Waals surface area contributed by atoms with Gasteiger partial charge >= 0.3 is 6.36 Å². The minimum Gasteiger partial charge on any atom is -0.481 e. The zero-order valence-corrected chi connectivity index (χ0v) is 9.25. The van der Waals surface area contributed by atoms with E-state index in [0.717, 1.165) is 5.56 Å². The van der Waals surface area contributed by atoms with Gasteiger partial charge in [0.15, 0.2) is 0 Å². The van der Waals surface area contributed by atoms with Gasteiger partial charge in [0, 0.05) is 25.4 Å². The van der Waals surface area contributed by atoms with E-state index >= 15 is 0 Å². The fourth-order valence-corrected chi connectivity index (χ4v) is 1.14. The van der Waals surface area contributed by atoms with Gasteiger partial charge in [0.05, 0.1) is 13.7 Å². The molecule has 0 unspecified atom stereocenters. The molecule has 7 heteroatoms. The summed E-state index contributed by atoms with van der Waals surface area (Å²) in [5, 5.41) is 2.82. The molecule has 0 spiro atoms. The molecule has 4 nitrogen and oxygen atoms in total. The number of aromatic nitrogens is 1. The highest BCUT2D eigenvalue weighted by atomic mass is 19.4. The van der Waals surface area contributed by atoms with E-state index in [1.54, 1.807) is 18.3 Å². The van der Waals surface area contributed by atoms with Gasteiger partial charge in [-0.2, -0.15) is 0 Å². The standard InChI is InChI=1S/C10H13F3N2O2/c1-16-9-6-8(2-3-15-9)7-14-4-5-17-10(11,12)13/h2-3,6,14H,4-5,7H2,1H3. The van der Waals surface area contributed by atoms with Gasteiger partial charge in [-0.05, 0) is 11.6 Å². The van der Waals surface area contributed by atoms with E-state index in [4.69, 9.17) is 4.74 Å². The van der Waals surface area contributed by atoms with Gasteiger partial charge in [-0.15, -0.1) is 13.2 Å². The van der Waals surface area contributed by atoms with E-state index in [2.05, 4.69) is 15.0 Å². The van der Waals surface area contributed by atoms with Gasteiger partial charge in [0.25, 0.3) is 0 Å². The Morgan fingerprint density at radius 3 is 2.82 bits per heavy atom. The van der Waals surface area contributed by atoms with Crippen molar-refractivity contribution in [2.24, 2.45) is 0 Å². The van der Waals surface area contributed by atoms with Crippen molar-refractivity contribution in [3.8, 4) is 5.88 Å². The number of rotatable bonds is 6. The fraction of sp³-hybridized carbons (Fsp3) is 0.500. The van der Waals surface area contributed by atoms with Crippen LogP contribution in [0.5, 0.6) is 5.88 Å². The van der Waals surface area contributed by atoms with Gasteiger partial charge in [-0.25, -0.2) is 4.98 Å². The smallest absolute Gasteiger partial charge is 0.481 e. The minimum absolute atomic E-state index is 0.115. The topological polar surface area (TPSA) is 43.4 Å². The number of hydrogen-bond donors (Lipinski definition) is 1. The van der Waals surface area contributed by atoms with E-state index in [9.17, 15) is 13.2 Å². The molecule has 0 aliphatic heterocycles. The molecule has 0 bridgehead atoms. The van der Waals surface area contributed by atoms with Gasteiger partial charge < -0.3 is 10.1 Å². The van der Waals surface area contributed by atoms with Crippen LogP contribution in [-0.4, -0.2) is 31.6 Å². The van der Waals surface area contributed by atoms with Crippen LogP contribution in [0.4, 0.5) is 13.2 Å². The van der Waals surface area contributed by atoms with Crippen molar-refractivity contribution in [3.63, 3.8) is 0 Å². The second kappa shape index (κ2) is 6.41. The van der Waals surface area contributed by atoms with Crippen LogP contribution in [0, 0.1) is 0 Å². The summed E-state index contributed by atoms with van der Waals surface area (Å²) >= 11 is 0. The van der Waals surface area contributed by atoms with Crippen molar-refractivity contribution in [3.05, 3.63) is 23.9 Å². The number of ether oxygens (including phenoxy) is 2. The minimum atomic E-state index is -4.57. The summed E-state index contributed by atoms with van der Waals surface area (Å²) in [6, 6.07) is 3.46. The predicted molar refractivity (Wildman–Crippen MR) is 54.5 cm³/mol. The number of nitrogens with zero attached hydrogens (tertiary/aromatic N) is 1. The van der Waals surface area contributed by atoms with E-state index in [-0.39, 0.29) is 6.54 Å². The number of pyridine rings is 1. The Kier molecular flexibility index (Phi) is 5.17. The molecular formula is C10H13F3N2O2. The zero-order chi connectivity index (χ0) is 12.7. The number of hydrogen-bond acceptors (Lipinski definition) is 4. The van der Waals surface area contributed by atoms with Gasteiger partial charge in [0.1, 0.15) is 0 Å². The SMILES string of the molecule is COc1cc(CNCCOC(F)(F)F)ccn1. The highest BCUT2D eigenvalue weighted by Crippen LogP contribution is 2.15. The molecule has 0 aliphatic carbocycles. The maximum atomic E-state index is 11.6. The van der Waals surface area contributed by atoms with Crippen LogP contribution in [0.25, 0.3) is 0 Å². The molecule has 1 aromatic rings. The quantitative estimate of drug-likeness (QED) is 0.781. The summed E-state index contributed by atoms with van der Waals surface area (Å²) in [5.41, 5.74) is 0.879. The van der Waals surface area contributed by atoms with Crippen LogP contribution in [0.15, 0.2) is 18.3 Å². The van der Waals surface area contributed by atoms with E-state index in [1.165, 1.54) is 7.11 Å². The average molecular weight is 250 g/mol. The van der Waals surface area contributed by atoms with E-state index in [1.807, 2.05) is 0 Å². The third-order valence-corrected chi connectivity index (χ3v) is 1.88. The Bertz CT molecular complexity index is 345. The first-order valence-electron chi connectivity index (χ1n) is 4.91. The van der Waals surface area contributed by atoms with Crippen LogP contribution < -0.4 is 10.1 Å². The first-order chi connectivity index (χ1) is 8.01. The molecule has 0 fully saturated rings. The highest BCUT2D eigenvalue weighted by molar-refractivity contribution is 5.20. The molecule has 0 atom stereocenters. The van der Waals surface area contributed by atoms with Gasteiger partial charge in [0.2, 0.25) is 5.88 Å². The van der Waals surface area contributed by atoms with Crippen LogP contribution in [0.1, 0.15) is 5.56 Å². The fourth-order valence-electron chi connectivity index (χ4n) is 1.14. The molecule has 1 rings (SSSR count). The molecule has 1 N–H and O–H groups in total. The summed E-state index contributed by atoms with van der Waals surface area (Å²) in [6.45, 7) is 0.135. The number of alkyl halides is 3. The summed E-state index contributed by atoms with van der Waals surface area (Å²) in [5.74, 6) is 0.468. The van der Waals surface area contributed by atoms with Crippen molar-refractivity contribution >= 4 is 0 Å². The van der Waals surface area contributed by atoms with Crippen molar-refractivity contribution in [1.29, 1.82) is 0 Å². The first-order valence-corrected chi connectivity index (χ1v) is 4.91. The Hall–Kier alpha value is -1.34. The number of methoxy groups -OCH3 is 1. The lowest BCUT2D eigenvalue weighted by Crippen LogP contribution is -2.23. The van der Waals surface area contributed by atoms with E-state index in [0.29, 0.717) is 12.4 Å².